The van der Waals surface area contributed by atoms with Gasteiger partial charge in [0.15, 0.2) is 0 Å². The van der Waals surface area contributed by atoms with Crippen molar-refractivity contribution in [2.24, 2.45) is 0 Å². The normalized spacial score (nSPS) is 9.69. The molecule has 0 aliphatic carbocycles. The van der Waals surface area contributed by atoms with Crippen LogP contribution in [0.25, 0.3) is 10.9 Å². The van der Waals surface area contributed by atoms with Gasteiger partial charge in [-0.1, -0.05) is 11.6 Å². The smallest absolute Gasteiger partial charge is 0.300 e. The SMILES string of the molecule is CC(=O)O.Oc1c[nH]c2ccc(Br)c(Cl)c12. The van der Waals surface area contributed by atoms with Crippen LogP contribution in [0.15, 0.2) is 22.8 Å². The average molecular weight is 307 g/mol. The molecule has 0 atom stereocenters. The number of H-pyrrole nitrogens is 1. The Hall–Kier alpha value is -1.20. The maximum Gasteiger partial charge on any atom is 0.300 e. The van der Waals surface area contributed by atoms with Crippen molar-refractivity contribution in [2.75, 3.05) is 0 Å². The Balaban J connectivity index is 0.000000280. The highest BCUT2D eigenvalue weighted by Gasteiger charge is 2.08. The van der Waals surface area contributed by atoms with Crippen molar-refractivity contribution in [1.29, 1.82) is 0 Å². The number of aliphatic carboxylic acids is 1. The summed E-state index contributed by atoms with van der Waals surface area (Å²) in [5.74, 6) is -0.656. The molecule has 0 spiro atoms. The largest absolute Gasteiger partial charge is 0.506 e. The van der Waals surface area contributed by atoms with E-state index in [4.69, 9.17) is 21.5 Å². The number of hydrogen-bond donors (Lipinski definition) is 3. The van der Waals surface area contributed by atoms with Crippen LogP contribution in [0.4, 0.5) is 0 Å². The molecule has 0 aliphatic rings. The van der Waals surface area contributed by atoms with Crippen LogP contribution in [-0.2, 0) is 4.79 Å². The molecule has 0 saturated carbocycles. The van der Waals surface area contributed by atoms with Crippen molar-refractivity contribution in [3.8, 4) is 5.75 Å². The van der Waals surface area contributed by atoms with Gasteiger partial charge in [0.2, 0.25) is 0 Å². The minimum absolute atomic E-state index is 0.177. The first-order valence-electron chi connectivity index (χ1n) is 4.27. The monoisotopic (exact) mass is 305 g/mol. The van der Waals surface area contributed by atoms with E-state index < -0.39 is 5.97 Å². The zero-order chi connectivity index (χ0) is 12.3. The minimum atomic E-state index is -0.833. The molecule has 16 heavy (non-hydrogen) atoms. The van der Waals surface area contributed by atoms with E-state index in [0.29, 0.717) is 10.4 Å². The number of hydrogen-bond acceptors (Lipinski definition) is 2. The van der Waals surface area contributed by atoms with E-state index >= 15 is 0 Å². The van der Waals surface area contributed by atoms with E-state index in [0.717, 1.165) is 16.9 Å². The van der Waals surface area contributed by atoms with Crippen molar-refractivity contribution in [2.45, 2.75) is 6.92 Å². The van der Waals surface area contributed by atoms with Gasteiger partial charge in [0.1, 0.15) is 5.75 Å². The lowest BCUT2D eigenvalue weighted by molar-refractivity contribution is -0.134. The molecule has 1 heterocycles. The van der Waals surface area contributed by atoms with Gasteiger partial charge in [-0.05, 0) is 28.1 Å². The second-order valence-corrected chi connectivity index (χ2v) is 4.21. The third-order valence-corrected chi connectivity index (χ3v) is 3.00. The van der Waals surface area contributed by atoms with E-state index in [1.54, 1.807) is 0 Å². The fourth-order valence-corrected chi connectivity index (χ4v) is 1.73. The topological polar surface area (TPSA) is 73.3 Å². The van der Waals surface area contributed by atoms with E-state index in [-0.39, 0.29) is 5.75 Å². The number of aromatic hydroxyl groups is 1. The van der Waals surface area contributed by atoms with Crippen molar-refractivity contribution >= 4 is 44.4 Å². The summed E-state index contributed by atoms with van der Waals surface area (Å²) >= 11 is 9.22. The average Bonchev–Trinajstić information content (AvgIpc) is 2.54. The Bertz CT molecular complexity index is 520. The first kappa shape index (κ1) is 12.9. The second kappa shape index (κ2) is 5.23. The van der Waals surface area contributed by atoms with Gasteiger partial charge >= 0.3 is 0 Å². The summed E-state index contributed by atoms with van der Waals surface area (Å²) in [6.45, 7) is 1.08. The number of rotatable bonds is 0. The summed E-state index contributed by atoms with van der Waals surface area (Å²) in [7, 11) is 0. The summed E-state index contributed by atoms with van der Waals surface area (Å²) < 4.78 is 0.784. The quantitative estimate of drug-likeness (QED) is 0.698. The van der Waals surface area contributed by atoms with Crippen LogP contribution in [0, 0.1) is 0 Å². The second-order valence-electron chi connectivity index (χ2n) is 2.98. The van der Waals surface area contributed by atoms with Crippen molar-refractivity contribution < 1.29 is 15.0 Å². The number of halogens is 2. The molecule has 1 aromatic heterocycles. The van der Waals surface area contributed by atoms with Crippen molar-refractivity contribution in [1.82, 2.24) is 4.98 Å². The molecule has 0 radical (unpaired) electrons. The van der Waals surface area contributed by atoms with Crippen LogP contribution >= 0.6 is 27.5 Å². The van der Waals surface area contributed by atoms with Gasteiger partial charge in [-0.15, -0.1) is 0 Å². The molecule has 1 aromatic carbocycles. The molecular weight excluding hydrogens is 297 g/mol. The molecule has 0 saturated heterocycles. The Morgan fingerprint density at radius 3 is 2.62 bits per heavy atom. The first-order chi connectivity index (χ1) is 7.43. The maximum absolute atomic E-state index is 9.38. The van der Waals surface area contributed by atoms with Gasteiger partial charge in [0.05, 0.1) is 15.9 Å². The molecule has 0 bridgehead atoms. The number of aromatic nitrogens is 1. The van der Waals surface area contributed by atoms with Gasteiger partial charge in [0, 0.05) is 17.6 Å². The lowest BCUT2D eigenvalue weighted by Gasteiger charge is -1.97. The van der Waals surface area contributed by atoms with E-state index in [1.807, 2.05) is 12.1 Å². The Labute approximate surface area is 105 Å². The molecule has 3 N–H and O–H groups in total. The fraction of sp³-hybridized carbons (Fsp3) is 0.100. The lowest BCUT2D eigenvalue weighted by atomic mass is 10.2. The van der Waals surface area contributed by atoms with Gasteiger partial charge in [-0.3, -0.25) is 4.79 Å². The molecule has 0 amide bonds. The fourth-order valence-electron chi connectivity index (χ4n) is 1.14. The highest BCUT2D eigenvalue weighted by atomic mass is 79.9. The Morgan fingerprint density at radius 1 is 1.50 bits per heavy atom. The molecule has 4 nitrogen and oxygen atoms in total. The summed E-state index contributed by atoms with van der Waals surface area (Å²) in [6, 6.07) is 3.69. The van der Waals surface area contributed by atoms with E-state index in [2.05, 4.69) is 20.9 Å². The molecule has 6 heteroatoms. The van der Waals surface area contributed by atoms with Gasteiger partial charge in [-0.2, -0.15) is 0 Å². The molecule has 0 fully saturated rings. The van der Waals surface area contributed by atoms with Gasteiger partial charge < -0.3 is 15.2 Å². The summed E-state index contributed by atoms with van der Waals surface area (Å²) in [5, 5.41) is 18.0. The number of nitrogens with one attached hydrogen (secondary N) is 1. The number of carboxylic acids is 1. The van der Waals surface area contributed by atoms with Crippen molar-refractivity contribution in [3.63, 3.8) is 0 Å². The van der Waals surface area contributed by atoms with Crippen LogP contribution in [0.2, 0.25) is 5.02 Å². The van der Waals surface area contributed by atoms with Crippen molar-refractivity contribution in [3.05, 3.63) is 27.8 Å². The zero-order valence-electron chi connectivity index (χ0n) is 8.29. The van der Waals surface area contributed by atoms with Crippen LogP contribution in [0.3, 0.4) is 0 Å². The highest BCUT2D eigenvalue weighted by molar-refractivity contribution is 9.10. The van der Waals surface area contributed by atoms with E-state index in [1.165, 1.54) is 6.20 Å². The van der Waals surface area contributed by atoms with Crippen LogP contribution in [-0.4, -0.2) is 21.2 Å². The Morgan fingerprint density at radius 2 is 2.06 bits per heavy atom. The predicted molar refractivity (Wildman–Crippen MR) is 66.0 cm³/mol. The number of carboxylic acid groups (broad SMARTS) is 1. The number of aromatic amines is 1. The van der Waals surface area contributed by atoms with Gasteiger partial charge in [0.25, 0.3) is 5.97 Å². The van der Waals surface area contributed by atoms with Gasteiger partial charge in [-0.25, -0.2) is 0 Å². The maximum atomic E-state index is 9.38. The molecular formula is C10H9BrClNO3. The molecule has 86 valence electrons. The predicted octanol–water partition coefficient (Wildman–Crippen LogP) is 3.38. The summed E-state index contributed by atoms with van der Waals surface area (Å²) in [6.07, 6.45) is 1.52. The highest BCUT2D eigenvalue weighted by Crippen LogP contribution is 2.35. The lowest BCUT2D eigenvalue weighted by Crippen LogP contribution is -1.78. The zero-order valence-corrected chi connectivity index (χ0v) is 10.6. The standard InChI is InChI=1S/C8H5BrClNO.C2H4O2/c9-4-1-2-5-7(8(4)10)6(12)3-11-5;1-2(3)4/h1-3,11-12H;1H3,(H,3,4). The number of benzene rings is 1. The van der Waals surface area contributed by atoms with Crippen LogP contribution in [0.5, 0.6) is 5.75 Å². The van der Waals surface area contributed by atoms with E-state index in [9.17, 15) is 5.11 Å². The van der Waals surface area contributed by atoms with Crippen LogP contribution < -0.4 is 0 Å². The number of fused-ring (bicyclic) bond motifs is 1. The third-order valence-electron chi connectivity index (χ3n) is 1.72. The third kappa shape index (κ3) is 2.90. The Kier molecular flexibility index (Phi) is 4.20. The molecule has 2 aromatic rings. The number of carbonyl (C=O) groups is 1. The van der Waals surface area contributed by atoms with Crippen LogP contribution in [0.1, 0.15) is 6.92 Å². The molecule has 0 aliphatic heterocycles. The molecule has 2 rings (SSSR count). The first-order valence-corrected chi connectivity index (χ1v) is 5.44. The molecule has 0 unspecified atom stereocenters. The summed E-state index contributed by atoms with van der Waals surface area (Å²) in [5.41, 5.74) is 0.834. The minimum Gasteiger partial charge on any atom is -0.506 e. The summed E-state index contributed by atoms with van der Waals surface area (Å²) in [4.78, 5) is 11.9.